The van der Waals surface area contributed by atoms with E-state index in [2.05, 4.69) is 13.8 Å². The number of likely N-dealkylation sites (tertiary alicyclic amines) is 1. The summed E-state index contributed by atoms with van der Waals surface area (Å²) in [7, 11) is -0.189. The third-order valence-corrected chi connectivity index (χ3v) is 7.22. The lowest BCUT2D eigenvalue weighted by molar-refractivity contribution is -0.272. The molecule has 0 aromatic rings. The molecule has 2 heterocycles. The van der Waals surface area contributed by atoms with Gasteiger partial charge in [0.25, 0.3) is 0 Å². The zero-order valence-corrected chi connectivity index (χ0v) is 18.2. The molecule has 2 saturated heterocycles. The van der Waals surface area contributed by atoms with Crippen LogP contribution < -0.4 is 5.73 Å². The van der Waals surface area contributed by atoms with Crippen LogP contribution in [0.1, 0.15) is 72.6 Å². The summed E-state index contributed by atoms with van der Waals surface area (Å²) < 4.78 is 18.3. The summed E-state index contributed by atoms with van der Waals surface area (Å²) in [6, 6.07) is -0.453. The Morgan fingerprint density at radius 2 is 2.04 bits per heavy atom. The Morgan fingerprint density at radius 3 is 2.68 bits per heavy atom. The molecule has 0 radical (unpaired) electrons. The third kappa shape index (κ3) is 4.42. The monoisotopic (exact) mass is 394 g/mol. The maximum atomic E-state index is 12.9. The number of carbonyl (C=O) groups excluding carboxylic acids is 1. The second kappa shape index (κ2) is 9.46. The molecule has 5 atom stereocenters. The lowest BCUT2D eigenvalue weighted by Crippen LogP contribution is -2.63. The summed E-state index contributed by atoms with van der Waals surface area (Å²) in [6.45, 7) is 9.65. The molecule has 1 spiro atoms. The van der Waals surface area contributed by atoms with Crippen molar-refractivity contribution < 1.29 is 18.8 Å². The van der Waals surface area contributed by atoms with E-state index in [9.17, 15) is 4.79 Å². The van der Waals surface area contributed by atoms with Gasteiger partial charge in [-0.15, -0.1) is 0 Å². The summed E-state index contributed by atoms with van der Waals surface area (Å²) in [5.74, 6) is 0.925. The van der Waals surface area contributed by atoms with Crippen LogP contribution in [0.5, 0.6) is 0 Å². The molecule has 0 aromatic heterocycles. The van der Waals surface area contributed by atoms with E-state index in [0.29, 0.717) is 12.5 Å². The van der Waals surface area contributed by atoms with E-state index < -0.39 is 6.04 Å². The number of amides is 1. The van der Waals surface area contributed by atoms with Crippen LogP contribution in [0.4, 0.5) is 0 Å². The lowest BCUT2D eigenvalue weighted by atomic mass is 9.67. The van der Waals surface area contributed by atoms with Crippen molar-refractivity contribution in [3.05, 3.63) is 0 Å². The van der Waals surface area contributed by atoms with E-state index >= 15 is 0 Å². The van der Waals surface area contributed by atoms with Crippen molar-refractivity contribution in [3.8, 4) is 0 Å². The van der Waals surface area contributed by atoms with Crippen LogP contribution >= 0.6 is 0 Å². The fraction of sp³-hybridized carbons (Fsp3) is 0.952. The fourth-order valence-corrected chi connectivity index (χ4v) is 5.37. The minimum Gasteiger partial charge on any atom is -0.383 e. The van der Waals surface area contributed by atoms with Gasteiger partial charge in [-0.1, -0.05) is 20.3 Å². The average molecular weight is 394 g/mol. The second-order valence-electron chi connectivity index (χ2n) is 8.88. The van der Waals surface area contributed by atoms with E-state index in [-0.39, 0.29) is 31.0 Å². The highest BCUT2D eigenvalue weighted by Crippen LogP contribution is 2.49. The van der Waals surface area contributed by atoms with Gasteiger partial charge in [-0.05, 0) is 58.3 Å². The molecule has 0 bridgehead atoms. The van der Waals surface area contributed by atoms with Crippen LogP contribution in [0.25, 0.3) is 0 Å². The van der Waals surface area contributed by atoms with Crippen LogP contribution in [0.2, 0.25) is 6.32 Å². The SMILES string of the molecule is CCOC(C)[C@H](N)C(=O)N1CCC[C@H]1CB1OC2(CCC(CC)CC2CC)O1. The number of ether oxygens (including phenoxy) is 1. The minimum atomic E-state index is -0.607. The predicted octanol–water partition coefficient (Wildman–Crippen LogP) is 3.20. The molecule has 2 aliphatic heterocycles. The fourth-order valence-electron chi connectivity index (χ4n) is 5.37. The molecule has 6 nitrogen and oxygen atoms in total. The smallest absolute Gasteiger partial charge is 0.383 e. The van der Waals surface area contributed by atoms with Crippen molar-refractivity contribution in [3.63, 3.8) is 0 Å². The maximum absolute atomic E-state index is 12.9. The molecule has 1 aliphatic carbocycles. The minimum absolute atomic E-state index is 0.00706. The highest BCUT2D eigenvalue weighted by atomic mass is 16.8. The van der Waals surface area contributed by atoms with Gasteiger partial charge >= 0.3 is 7.12 Å². The molecule has 160 valence electrons. The maximum Gasteiger partial charge on any atom is 0.463 e. The van der Waals surface area contributed by atoms with Gasteiger partial charge < -0.3 is 24.7 Å². The molecule has 7 heteroatoms. The number of nitrogens with zero attached hydrogens (tertiary/aromatic N) is 1. The Bertz CT molecular complexity index is 529. The van der Waals surface area contributed by atoms with E-state index in [0.717, 1.165) is 44.5 Å². The van der Waals surface area contributed by atoms with Crippen LogP contribution in [0, 0.1) is 11.8 Å². The van der Waals surface area contributed by atoms with Crippen molar-refractivity contribution in [1.82, 2.24) is 4.90 Å². The van der Waals surface area contributed by atoms with E-state index in [1.807, 2.05) is 18.7 Å². The van der Waals surface area contributed by atoms with Crippen molar-refractivity contribution in [1.29, 1.82) is 0 Å². The molecule has 28 heavy (non-hydrogen) atoms. The van der Waals surface area contributed by atoms with Crippen LogP contribution in [-0.4, -0.2) is 55.1 Å². The van der Waals surface area contributed by atoms with Gasteiger partial charge in [0.05, 0.1) is 6.10 Å². The number of hydrogen-bond acceptors (Lipinski definition) is 5. The largest absolute Gasteiger partial charge is 0.463 e. The Labute approximate surface area is 171 Å². The molecule has 1 amide bonds. The van der Waals surface area contributed by atoms with Crippen LogP contribution in [0.3, 0.4) is 0 Å². The van der Waals surface area contributed by atoms with E-state index in [4.69, 9.17) is 19.8 Å². The number of carbonyl (C=O) groups is 1. The molecule has 3 aliphatic rings. The first-order valence-corrected chi connectivity index (χ1v) is 11.5. The topological polar surface area (TPSA) is 74.0 Å². The Kier molecular flexibility index (Phi) is 7.45. The van der Waals surface area contributed by atoms with Gasteiger partial charge in [-0.25, -0.2) is 0 Å². The molecule has 3 unspecified atom stereocenters. The Balaban J connectivity index is 1.53. The standard InChI is InChI=1S/C21H39BN2O4/c1-5-16-10-11-21(17(6-2)13-16)27-22(28-21)14-18-9-8-12-24(18)20(25)19(23)15(4)26-7-3/h15-19H,5-14,23H2,1-4H3/t15?,16?,17?,18-,19-/m0/s1. The molecular formula is C21H39BN2O4. The summed E-state index contributed by atoms with van der Waals surface area (Å²) in [4.78, 5) is 14.8. The first-order valence-electron chi connectivity index (χ1n) is 11.5. The van der Waals surface area contributed by atoms with Gasteiger partial charge in [0.15, 0.2) is 0 Å². The lowest BCUT2D eigenvalue weighted by Gasteiger charge is -2.55. The van der Waals surface area contributed by atoms with Crippen LogP contribution in [-0.2, 0) is 18.8 Å². The normalized spacial score (nSPS) is 31.7. The van der Waals surface area contributed by atoms with Crippen molar-refractivity contribution >= 4 is 13.0 Å². The first-order chi connectivity index (χ1) is 13.4. The highest BCUT2D eigenvalue weighted by Gasteiger charge is 2.56. The first kappa shape index (κ1) is 22.1. The number of nitrogens with two attached hydrogens (primary N) is 1. The van der Waals surface area contributed by atoms with Crippen molar-refractivity contribution in [2.24, 2.45) is 17.6 Å². The summed E-state index contributed by atoms with van der Waals surface area (Å²) in [5.41, 5.74) is 6.16. The van der Waals surface area contributed by atoms with Gasteiger partial charge in [-0.3, -0.25) is 4.79 Å². The molecule has 0 aromatic carbocycles. The van der Waals surface area contributed by atoms with Gasteiger partial charge in [0, 0.05) is 31.4 Å². The molecule has 3 fully saturated rings. The molecule has 2 N–H and O–H groups in total. The van der Waals surface area contributed by atoms with E-state index in [1.54, 1.807) is 0 Å². The number of rotatable bonds is 8. The molecular weight excluding hydrogens is 355 g/mol. The van der Waals surface area contributed by atoms with Crippen molar-refractivity contribution in [2.75, 3.05) is 13.2 Å². The number of hydrogen-bond donors (Lipinski definition) is 1. The zero-order valence-electron chi connectivity index (χ0n) is 18.2. The molecule has 1 saturated carbocycles. The second-order valence-corrected chi connectivity index (χ2v) is 8.88. The van der Waals surface area contributed by atoms with Gasteiger partial charge in [0.2, 0.25) is 5.91 Å². The Morgan fingerprint density at radius 1 is 1.29 bits per heavy atom. The summed E-state index contributed by atoms with van der Waals surface area (Å²) in [6.07, 6.45) is 8.23. The van der Waals surface area contributed by atoms with Crippen LogP contribution in [0.15, 0.2) is 0 Å². The van der Waals surface area contributed by atoms with Gasteiger partial charge in [-0.2, -0.15) is 0 Å². The third-order valence-electron chi connectivity index (χ3n) is 7.22. The average Bonchev–Trinajstić information content (AvgIpc) is 3.14. The highest BCUT2D eigenvalue weighted by molar-refractivity contribution is 6.47. The van der Waals surface area contributed by atoms with Crippen molar-refractivity contribution in [2.45, 2.75) is 103 Å². The molecule has 3 rings (SSSR count). The van der Waals surface area contributed by atoms with E-state index in [1.165, 1.54) is 19.3 Å². The Hall–Kier alpha value is -0.625. The zero-order chi connectivity index (χ0) is 20.3. The summed E-state index contributed by atoms with van der Waals surface area (Å²) >= 11 is 0. The summed E-state index contributed by atoms with van der Waals surface area (Å²) in [5, 5.41) is 0. The quantitative estimate of drug-likeness (QED) is 0.640. The van der Waals surface area contributed by atoms with Gasteiger partial charge in [0.1, 0.15) is 11.8 Å². The predicted molar refractivity (Wildman–Crippen MR) is 111 cm³/mol.